The molecule has 5 heteroatoms. The number of fused-ring (bicyclic) bond motifs is 1. The fourth-order valence-electron chi connectivity index (χ4n) is 2.65. The van der Waals surface area contributed by atoms with Crippen molar-refractivity contribution in [2.75, 3.05) is 22.0 Å². The standard InChI is InChI=1S/C16H15IN4/c1-19-16-9-11(4-5-20-16)14-7-12-3-2-6-21(17)15(12)8-13(14)10-18/h4-5,7-9H,2-3,6H2,1H3,(H,19,20). The van der Waals surface area contributed by atoms with Gasteiger partial charge in [0.05, 0.1) is 40.2 Å². The number of nitrogens with one attached hydrogen (secondary N) is 1. The number of pyridine rings is 1. The van der Waals surface area contributed by atoms with E-state index < -0.39 is 0 Å². The predicted octanol–water partition coefficient (Wildman–Crippen LogP) is 3.76. The van der Waals surface area contributed by atoms with E-state index >= 15 is 0 Å². The Balaban J connectivity index is 2.16. The number of hydrogen-bond donors (Lipinski definition) is 1. The molecule has 1 N–H and O–H groups in total. The van der Waals surface area contributed by atoms with Crippen molar-refractivity contribution in [2.24, 2.45) is 0 Å². The van der Waals surface area contributed by atoms with Crippen LogP contribution in [-0.2, 0) is 6.42 Å². The largest absolute Gasteiger partial charge is 0.373 e. The topological polar surface area (TPSA) is 52.0 Å². The second kappa shape index (κ2) is 5.90. The number of nitrogens with zero attached hydrogens (tertiary/aromatic N) is 3. The summed E-state index contributed by atoms with van der Waals surface area (Å²) in [7, 11) is 1.85. The number of aryl methyl sites for hydroxylation is 1. The Bertz CT molecular complexity index is 721. The number of nitriles is 1. The summed E-state index contributed by atoms with van der Waals surface area (Å²) < 4.78 is 2.20. The van der Waals surface area contributed by atoms with Crippen LogP contribution in [-0.4, -0.2) is 18.6 Å². The molecule has 0 spiro atoms. The van der Waals surface area contributed by atoms with Crippen LogP contribution in [0.25, 0.3) is 11.1 Å². The molecule has 1 aromatic heterocycles. The zero-order chi connectivity index (χ0) is 14.8. The molecule has 3 rings (SSSR count). The molecule has 106 valence electrons. The van der Waals surface area contributed by atoms with Crippen LogP contribution in [0.15, 0.2) is 30.5 Å². The maximum Gasteiger partial charge on any atom is 0.126 e. The third-order valence-electron chi connectivity index (χ3n) is 3.73. The smallest absolute Gasteiger partial charge is 0.126 e. The lowest BCUT2D eigenvalue weighted by atomic mass is 9.93. The Kier molecular flexibility index (Phi) is 3.97. The van der Waals surface area contributed by atoms with Crippen LogP contribution >= 0.6 is 22.9 Å². The quantitative estimate of drug-likeness (QED) is 0.627. The molecule has 0 radical (unpaired) electrons. The van der Waals surface area contributed by atoms with E-state index in [-0.39, 0.29) is 0 Å². The summed E-state index contributed by atoms with van der Waals surface area (Å²) in [6, 6.07) is 10.4. The molecule has 2 aromatic rings. The summed E-state index contributed by atoms with van der Waals surface area (Å²) in [6.07, 6.45) is 3.99. The van der Waals surface area contributed by atoms with Gasteiger partial charge in [-0.3, -0.25) is 0 Å². The number of hydrogen-bond acceptors (Lipinski definition) is 4. The van der Waals surface area contributed by atoms with Crippen molar-refractivity contribution < 1.29 is 0 Å². The first-order chi connectivity index (χ1) is 10.2. The molecule has 2 heterocycles. The van der Waals surface area contributed by atoms with E-state index in [2.05, 4.69) is 48.4 Å². The maximum absolute atomic E-state index is 9.49. The molecule has 0 saturated carbocycles. The van der Waals surface area contributed by atoms with Crippen molar-refractivity contribution in [1.82, 2.24) is 4.98 Å². The van der Waals surface area contributed by atoms with Crippen LogP contribution in [0.2, 0.25) is 0 Å². The van der Waals surface area contributed by atoms with Gasteiger partial charge in [-0.1, -0.05) is 0 Å². The number of halogens is 1. The molecule has 1 aromatic carbocycles. The van der Waals surface area contributed by atoms with E-state index in [4.69, 9.17) is 0 Å². The van der Waals surface area contributed by atoms with Crippen molar-refractivity contribution in [3.8, 4) is 17.2 Å². The molecule has 0 saturated heterocycles. The van der Waals surface area contributed by atoms with Gasteiger partial charge >= 0.3 is 0 Å². The fraction of sp³-hybridized carbons (Fsp3) is 0.250. The second-order valence-corrected chi connectivity index (χ2v) is 6.17. The van der Waals surface area contributed by atoms with E-state index in [1.54, 1.807) is 6.20 Å². The van der Waals surface area contributed by atoms with Crippen molar-refractivity contribution in [2.45, 2.75) is 12.8 Å². The molecule has 0 amide bonds. The van der Waals surface area contributed by atoms with Crippen LogP contribution in [0.3, 0.4) is 0 Å². The molecule has 0 fully saturated rings. The van der Waals surface area contributed by atoms with E-state index in [1.807, 2.05) is 25.2 Å². The van der Waals surface area contributed by atoms with Gasteiger partial charge in [0.15, 0.2) is 0 Å². The van der Waals surface area contributed by atoms with Crippen LogP contribution in [0, 0.1) is 11.3 Å². The van der Waals surface area contributed by atoms with Crippen LogP contribution in [0.4, 0.5) is 11.5 Å². The third kappa shape index (κ3) is 2.68. The predicted molar refractivity (Wildman–Crippen MR) is 93.6 cm³/mol. The highest BCUT2D eigenvalue weighted by molar-refractivity contribution is 14.1. The first-order valence-electron chi connectivity index (χ1n) is 6.87. The summed E-state index contributed by atoms with van der Waals surface area (Å²) in [6.45, 7) is 1.04. The van der Waals surface area contributed by atoms with Gasteiger partial charge in [0.1, 0.15) is 5.82 Å². The first kappa shape index (κ1) is 14.1. The monoisotopic (exact) mass is 390 g/mol. The lowest BCUT2D eigenvalue weighted by molar-refractivity contribution is 0.806. The van der Waals surface area contributed by atoms with Gasteiger partial charge in [0.25, 0.3) is 0 Å². The van der Waals surface area contributed by atoms with Crippen LogP contribution in [0.1, 0.15) is 17.5 Å². The van der Waals surface area contributed by atoms with Crippen molar-refractivity contribution in [3.63, 3.8) is 0 Å². The molecule has 4 nitrogen and oxygen atoms in total. The van der Waals surface area contributed by atoms with Gasteiger partial charge in [-0.15, -0.1) is 0 Å². The molecule has 0 atom stereocenters. The zero-order valence-corrected chi connectivity index (χ0v) is 13.9. The summed E-state index contributed by atoms with van der Waals surface area (Å²) >= 11 is 2.32. The Hall–Kier alpha value is -1.81. The van der Waals surface area contributed by atoms with E-state index in [0.29, 0.717) is 5.56 Å². The summed E-state index contributed by atoms with van der Waals surface area (Å²) in [4.78, 5) is 4.23. The molecule has 1 aliphatic rings. The highest BCUT2D eigenvalue weighted by Crippen LogP contribution is 2.36. The Labute approximate surface area is 138 Å². The van der Waals surface area contributed by atoms with E-state index in [0.717, 1.165) is 36.3 Å². The SMILES string of the molecule is CNc1cc(-c2cc3c(cc2C#N)N(I)CCC3)ccn1. The van der Waals surface area contributed by atoms with Gasteiger partial charge in [-0.25, -0.2) is 4.98 Å². The Morgan fingerprint density at radius 1 is 1.38 bits per heavy atom. The van der Waals surface area contributed by atoms with Crippen LogP contribution in [0.5, 0.6) is 0 Å². The minimum atomic E-state index is 0.713. The Morgan fingerprint density at radius 3 is 3.00 bits per heavy atom. The molecular formula is C16H15IN4. The van der Waals surface area contributed by atoms with Gasteiger partial charge in [0.2, 0.25) is 0 Å². The zero-order valence-electron chi connectivity index (χ0n) is 11.7. The first-order valence-corrected chi connectivity index (χ1v) is 7.84. The van der Waals surface area contributed by atoms with Gasteiger partial charge in [-0.2, -0.15) is 5.26 Å². The van der Waals surface area contributed by atoms with Crippen molar-refractivity contribution in [1.29, 1.82) is 5.26 Å². The summed E-state index contributed by atoms with van der Waals surface area (Å²) in [5.74, 6) is 0.810. The molecule has 0 bridgehead atoms. The summed E-state index contributed by atoms with van der Waals surface area (Å²) in [5.41, 5.74) is 5.21. The van der Waals surface area contributed by atoms with Gasteiger partial charge < -0.3 is 8.43 Å². The fourth-order valence-corrected chi connectivity index (χ4v) is 3.44. The highest BCUT2D eigenvalue weighted by atomic mass is 127. The van der Waals surface area contributed by atoms with Gasteiger partial charge in [-0.05, 0) is 48.2 Å². The second-order valence-electron chi connectivity index (χ2n) is 5.01. The van der Waals surface area contributed by atoms with Crippen molar-refractivity contribution >= 4 is 34.4 Å². The maximum atomic E-state index is 9.49. The lowest BCUT2D eigenvalue weighted by Gasteiger charge is -2.26. The minimum absolute atomic E-state index is 0.713. The molecule has 1 aliphatic heterocycles. The average molecular weight is 390 g/mol. The number of rotatable bonds is 2. The Morgan fingerprint density at radius 2 is 2.24 bits per heavy atom. The normalized spacial score (nSPS) is 13.5. The molecule has 0 unspecified atom stereocenters. The number of anilines is 2. The average Bonchev–Trinajstić information content (AvgIpc) is 2.54. The minimum Gasteiger partial charge on any atom is -0.373 e. The molecular weight excluding hydrogens is 375 g/mol. The van der Waals surface area contributed by atoms with Crippen LogP contribution < -0.4 is 8.43 Å². The number of benzene rings is 1. The number of aromatic nitrogens is 1. The molecule has 0 aliphatic carbocycles. The highest BCUT2D eigenvalue weighted by Gasteiger charge is 2.18. The van der Waals surface area contributed by atoms with Gasteiger partial charge in [0, 0.05) is 25.4 Å². The molecule has 21 heavy (non-hydrogen) atoms. The van der Waals surface area contributed by atoms with E-state index in [9.17, 15) is 5.26 Å². The van der Waals surface area contributed by atoms with E-state index in [1.165, 1.54) is 11.3 Å². The third-order valence-corrected chi connectivity index (χ3v) is 4.73. The lowest BCUT2D eigenvalue weighted by Crippen LogP contribution is -2.19. The van der Waals surface area contributed by atoms with Crippen molar-refractivity contribution in [3.05, 3.63) is 41.6 Å². The summed E-state index contributed by atoms with van der Waals surface area (Å²) in [5, 5.41) is 12.5.